The Morgan fingerprint density at radius 2 is 1.62 bits per heavy atom. The van der Waals surface area contributed by atoms with Crippen molar-refractivity contribution in [3.63, 3.8) is 0 Å². The Balaban J connectivity index is 0.00000144. The maximum atomic E-state index is 12.5. The number of anilines is 1. The summed E-state index contributed by atoms with van der Waals surface area (Å²) in [5, 5.41) is -0.713. The molecule has 0 aromatic heterocycles. The maximum Gasteiger partial charge on any atom is 0.151 e. The van der Waals surface area contributed by atoms with Gasteiger partial charge < -0.3 is 0 Å². The maximum absolute atomic E-state index is 12.5. The van der Waals surface area contributed by atoms with Gasteiger partial charge in [0.05, 0.1) is 5.69 Å². The molecule has 0 atom stereocenters. The van der Waals surface area contributed by atoms with Gasteiger partial charge in [0.2, 0.25) is 0 Å². The minimum atomic E-state index is -1.61. The number of hydrogen-bond acceptors (Lipinski definition) is 2. The van der Waals surface area contributed by atoms with E-state index in [4.69, 9.17) is 0 Å². The third-order valence-corrected chi connectivity index (χ3v) is 1.45. The van der Waals surface area contributed by atoms with E-state index < -0.39 is 10.7 Å². The Kier molecular flexibility index (Phi) is 4.58. The van der Waals surface area contributed by atoms with Gasteiger partial charge in [0.15, 0.2) is 5.45 Å². The minimum absolute atomic E-state index is 0. The van der Waals surface area contributed by atoms with Crippen molar-refractivity contribution in [2.45, 2.75) is 6.92 Å². The summed E-state index contributed by atoms with van der Waals surface area (Å²) in [6.45, 7) is 1.55. The standard InChI is InChI=1S/C7H7F3N2.ClH/c1-6-4-2-3-5-7(6)11(8)12(9)10;/h2-5H,1H3;1H. The lowest BCUT2D eigenvalue weighted by atomic mass is 10.2. The Bertz CT molecular complexity index is 270. The van der Waals surface area contributed by atoms with Crippen molar-refractivity contribution in [3.8, 4) is 0 Å². The summed E-state index contributed by atoms with van der Waals surface area (Å²) in [7, 11) is 0. The number of para-hydroxylation sites is 1. The minimum Gasteiger partial charge on any atom is -0.147 e. The van der Waals surface area contributed by atoms with Gasteiger partial charge in [-0.3, -0.25) is 0 Å². The average Bonchev–Trinajstić information content (AvgIpc) is 2.04. The highest BCUT2D eigenvalue weighted by molar-refractivity contribution is 5.85. The van der Waals surface area contributed by atoms with Crippen molar-refractivity contribution in [3.05, 3.63) is 29.8 Å². The van der Waals surface area contributed by atoms with Gasteiger partial charge in [0, 0.05) is 0 Å². The zero-order valence-corrected chi connectivity index (χ0v) is 7.56. The highest BCUT2D eigenvalue weighted by atomic mass is 35.5. The number of halogens is 4. The molecular formula is C7H8ClF3N2. The van der Waals surface area contributed by atoms with Crippen molar-refractivity contribution in [2.24, 2.45) is 0 Å². The second kappa shape index (κ2) is 4.94. The summed E-state index contributed by atoms with van der Waals surface area (Å²) in [6, 6.07) is 5.94. The van der Waals surface area contributed by atoms with E-state index in [1.807, 2.05) is 0 Å². The molecule has 0 bridgehead atoms. The quantitative estimate of drug-likeness (QED) is 0.549. The molecule has 0 N–H and O–H groups in total. The van der Waals surface area contributed by atoms with Gasteiger partial charge in [-0.15, -0.1) is 12.4 Å². The van der Waals surface area contributed by atoms with Gasteiger partial charge in [-0.1, -0.05) is 36.9 Å². The predicted molar refractivity (Wildman–Crippen MR) is 46.1 cm³/mol. The molecule has 0 aliphatic rings. The lowest BCUT2D eigenvalue weighted by Gasteiger charge is -2.13. The van der Waals surface area contributed by atoms with Gasteiger partial charge in [0.1, 0.15) is 0 Å². The van der Waals surface area contributed by atoms with Gasteiger partial charge in [0.25, 0.3) is 0 Å². The van der Waals surface area contributed by atoms with Crippen LogP contribution in [0.3, 0.4) is 0 Å². The molecule has 0 spiro atoms. The van der Waals surface area contributed by atoms with Crippen molar-refractivity contribution < 1.29 is 13.4 Å². The molecule has 0 saturated carbocycles. The van der Waals surface area contributed by atoms with Gasteiger partial charge in [-0.25, -0.2) is 0 Å². The van der Waals surface area contributed by atoms with Gasteiger partial charge in [-0.2, -0.15) is 0 Å². The molecule has 0 radical (unpaired) electrons. The molecule has 2 nitrogen and oxygen atoms in total. The smallest absolute Gasteiger partial charge is 0.147 e. The van der Waals surface area contributed by atoms with Crippen LogP contribution < -0.4 is 5.23 Å². The number of hydrazine groups is 1. The number of nitrogens with zero attached hydrogens (tertiary/aromatic N) is 2. The number of hydrogen-bond donors (Lipinski definition) is 0. The van der Waals surface area contributed by atoms with E-state index in [9.17, 15) is 13.4 Å². The first-order valence-corrected chi connectivity index (χ1v) is 3.26. The Labute approximate surface area is 79.7 Å². The van der Waals surface area contributed by atoms with Crippen LogP contribution in [-0.4, -0.2) is 5.45 Å². The molecule has 0 heterocycles. The first-order valence-electron chi connectivity index (χ1n) is 3.26. The molecule has 0 saturated heterocycles. The van der Waals surface area contributed by atoms with Crippen LogP contribution in [-0.2, 0) is 0 Å². The molecule has 0 aliphatic carbocycles. The van der Waals surface area contributed by atoms with Crippen LogP contribution in [0, 0.1) is 6.92 Å². The number of benzene rings is 1. The molecule has 1 aromatic carbocycles. The van der Waals surface area contributed by atoms with Gasteiger partial charge in [-0.05, 0) is 18.6 Å². The normalized spacial score (nSPS) is 9.62. The fourth-order valence-corrected chi connectivity index (χ4v) is 0.852. The molecule has 0 unspecified atom stereocenters. The van der Waals surface area contributed by atoms with Crippen LogP contribution >= 0.6 is 12.4 Å². The highest BCUT2D eigenvalue weighted by Crippen LogP contribution is 2.21. The predicted octanol–water partition coefficient (Wildman–Crippen LogP) is 3.09. The van der Waals surface area contributed by atoms with Crippen LogP contribution in [0.1, 0.15) is 5.56 Å². The zero-order chi connectivity index (χ0) is 9.14. The van der Waals surface area contributed by atoms with Crippen LogP contribution in [0.2, 0.25) is 0 Å². The summed E-state index contributed by atoms with van der Waals surface area (Å²) in [4.78, 5) is 0. The first kappa shape index (κ1) is 12.1. The summed E-state index contributed by atoms with van der Waals surface area (Å²) >= 11 is 0. The molecule has 6 heteroatoms. The highest BCUT2D eigenvalue weighted by Gasteiger charge is 2.15. The summed E-state index contributed by atoms with van der Waals surface area (Å²) in [6.07, 6.45) is 0. The largest absolute Gasteiger partial charge is 0.151 e. The molecule has 74 valence electrons. The molecule has 1 rings (SSSR count). The Morgan fingerprint density at radius 3 is 2.08 bits per heavy atom. The molecule has 1 aromatic rings. The second-order valence-electron chi connectivity index (χ2n) is 2.26. The van der Waals surface area contributed by atoms with E-state index in [0.29, 0.717) is 5.56 Å². The van der Waals surface area contributed by atoms with Crippen molar-refractivity contribution in [2.75, 3.05) is 5.23 Å². The Morgan fingerprint density at radius 1 is 1.08 bits per heavy atom. The molecule has 13 heavy (non-hydrogen) atoms. The first-order chi connectivity index (χ1) is 5.63. The summed E-state index contributed by atoms with van der Waals surface area (Å²) in [5.41, 5.74) is -1.33. The monoisotopic (exact) mass is 212 g/mol. The fraction of sp³-hybridized carbons (Fsp3) is 0.143. The zero-order valence-electron chi connectivity index (χ0n) is 6.75. The number of aryl methyl sites for hydroxylation is 1. The number of rotatable bonds is 2. The van der Waals surface area contributed by atoms with E-state index in [2.05, 4.69) is 0 Å². The SMILES string of the molecule is Cc1ccccc1N(F)N(F)F.Cl. The molecule has 0 amide bonds. The van der Waals surface area contributed by atoms with E-state index in [1.165, 1.54) is 12.1 Å². The van der Waals surface area contributed by atoms with E-state index in [0.717, 1.165) is 0 Å². The van der Waals surface area contributed by atoms with Crippen LogP contribution in [0.5, 0.6) is 0 Å². The van der Waals surface area contributed by atoms with Crippen molar-refractivity contribution in [1.29, 1.82) is 0 Å². The summed E-state index contributed by atoms with van der Waals surface area (Å²) < 4.78 is 35.9. The van der Waals surface area contributed by atoms with Crippen LogP contribution in [0.15, 0.2) is 24.3 Å². The second-order valence-corrected chi connectivity index (χ2v) is 2.26. The van der Waals surface area contributed by atoms with Crippen molar-refractivity contribution >= 4 is 18.1 Å². The lowest BCUT2D eigenvalue weighted by molar-refractivity contribution is -0.196. The van der Waals surface area contributed by atoms with E-state index in [1.54, 1.807) is 19.1 Å². The van der Waals surface area contributed by atoms with E-state index in [-0.39, 0.29) is 18.1 Å². The fourth-order valence-electron chi connectivity index (χ4n) is 0.852. The molecular weight excluding hydrogens is 205 g/mol. The lowest BCUT2D eigenvalue weighted by Crippen LogP contribution is -2.22. The van der Waals surface area contributed by atoms with E-state index >= 15 is 0 Å². The topological polar surface area (TPSA) is 6.48 Å². The van der Waals surface area contributed by atoms with Gasteiger partial charge >= 0.3 is 0 Å². The van der Waals surface area contributed by atoms with Crippen LogP contribution in [0.4, 0.5) is 19.1 Å². The van der Waals surface area contributed by atoms with Crippen molar-refractivity contribution in [1.82, 2.24) is 5.45 Å². The molecule has 0 fully saturated rings. The Hall–Kier alpha value is -0.940. The molecule has 0 aliphatic heterocycles. The summed E-state index contributed by atoms with van der Waals surface area (Å²) in [5.74, 6) is 0. The third kappa shape index (κ3) is 2.78. The average molecular weight is 213 g/mol. The van der Waals surface area contributed by atoms with Crippen LogP contribution in [0.25, 0.3) is 0 Å². The third-order valence-electron chi connectivity index (χ3n) is 1.45.